The Kier molecular flexibility index (Phi) is 5.19. The molecule has 0 heterocycles. The summed E-state index contributed by atoms with van der Waals surface area (Å²) in [5.41, 5.74) is 3.80. The van der Waals surface area contributed by atoms with Crippen molar-refractivity contribution in [3.63, 3.8) is 0 Å². The summed E-state index contributed by atoms with van der Waals surface area (Å²) in [4.78, 5) is 0. The predicted molar refractivity (Wildman–Crippen MR) is 84.1 cm³/mol. The molecule has 0 amide bonds. The van der Waals surface area contributed by atoms with Gasteiger partial charge >= 0.3 is 0 Å². The van der Waals surface area contributed by atoms with E-state index in [9.17, 15) is 0 Å². The molecule has 0 spiro atoms. The van der Waals surface area contributed by atoms with Gasteiger partial charge in [-0.15, -0.1) is 0 Å². The zero-order valence-corrected chi connectivity index (χ0v) is 12.5. The van der Waals surface area contributed by atoms with E-state index in [1.807, 2.05) is 13.1 Å². The van der Waals surface area contributed by atoms with E-state index in [4.69, 9.17) is 4.74 Å². The molecule has 0 bridgehead atoms. The third kappa shape index (κ3) is 4.10. The van der Waals surface area contributed by atoms with Crippen LogP contribution in [0.1, 0.15) is 36.5 Å². The minimum Gasteiger partial charge on any atom is -0.489 e. The maximum Gasteiger partial charge on any atom is 0.120 e. The lowest BCUT2D eigenvalue weighted by Crippen LogP contribution is -2.05. The van der Waals surface area contributed by atoms with Crippen molar-refractivity contribution in [1.29, 1.82) is 0 Å². The third-order valence-corrected chi connectivity index (χ3v) is 3.33. The van der Waals surface area contributed by atoms with Crippen molar-refractivity contribution in [2.24, 2.45) is 0 Å². The van der Waals surface area contributed by atoms with Gasteiger partial charge in [-0.1, -0.05) is 50.2 Å². The summed E-state index contributed by atoms with van der Waals surface area (Å²) in [7, 11) is 1.96. The number of hydrogen-bond donors (Lipinski definition) is 1. The minimum atomic E-state index is 0.527. The summed E-state index contributed by atoms with van der Waals surface area (Å²) < 4.78 is 5.87. The van der Waals surface area contributed by atoms with E-state index in [2.05, 4.69) is 61.6 Å². The topological polar surface area (TPSA) is 21.3 Å². The molecule has 106 valence electrons. The largest absolute Gasteiger partial charge is 0.489 e. The molecule has 2 nitrogen and oxygen atoms in total. The second-order valence-electron chi connectivity index (χ2n) is 5.36. The number of rotatable bonds is 6. The van der Waals surface area contributed by atoms with Crippen LogP contribution in [0, 0.1) is 0 Å². The molecule has 0 aliphatic heterocycles. The molecule has 0 radical (unpaired) electrons. The zero-order valence-electron chi connectivity index (χ0n) is 12.5. The first-order valence-corrected chi connectivity index (χ1v) is 7.14. The standard InChI is InChI=1S/C18H23NO/c1-14(2)17-5-4-6-18(11-17)20-13-16-9-7-15(8-10-16)12-19-3/h4-11,14,19H,12-13H2,1-3H3. The molecule has 2 rings (SSSR count). The average Bonchev–Trinajstić information content (AvgIpc) is 2.47. The van der Waals surface area contributed by atoms with Crippen molar-refractivity contribution < 1.29 is 4.74 Å². The van der Waals surface area contributed by atoms with E-state index >= 15 is 0 Å². The molecule has 2 aromatic carbocycles. The van der Waals surface area contributed by atoms with Gasteiger partial charge in [0, 0.05) is 6.54 Å². The average molecular weight is 269 g/mol. The third-order valence-electron chi connectivity index (χ3n) is 3.33. The van der Waals surface area contributed by atoms with Crippen LogP contribution in [0.2, 0.25) is 0 Å². The van der Waals surface area contributed by atoms with E-state index in [1.165, 1.54) is 16.7 Å². The molecule has 0 aromatic heterocycles. The summed E-state index contributed by atoms with van der Waals surface area (Å²) in [6.45, 7) is 5.90. The highest BCUT2D eigenvalue weighted by Crippen LogP contribution is 2.21. The van der Waals surface area contributed by atoms with Gasteiger partial charge in [-0.2, -0.15) is 0 Å². The molecular formula is C18H23NO. The smallest absolute Gasteiger partial charge is 0.120 e. The van der Waals surface area contributed by atoms with Crippen LogP contribution in [0.25, 0.3) is 0 Å². The van der Waals surface area contributed by atoms with Crippen LogP contribution < -0.4 is 10.1 Å². The van der Waals surface area contributed by atoms with Gasteiger partial charge in [0.2, 0.25) is 0 Å². The van der Waals surface area contributed by atoms with Crippen LogP contribution in [0.3, 0.4) is 0 Å². The fourth-order valence-electron chi connectivity index (χ4n) is 2.09. The molecule has 0 fully saturated rings. The quantitative estimate of drug-likeness (QED) is 0.852. The first-order valence-electron chi connectivity index (χ1n) is 7.14. The van der Waals surface area contributed by atoms with Crippen molar-refractivity contribution in [3.8, 4) is 5.75 Å². The van der Waals surface area contributed by atoms with E-state index in [1.54, 1.807) is 0 Å². The summed E-state index contributed by atoms with van der Waals surface area (Å²) in [6.07, 6.45) is 0. The lowest BCUT2D eigenvalue weighted by atomic mass is 10.0. The van der Waals surface area contributed by atoms with Gasteiger partial charge in [0.05, 0.1) is 0 Å². The van der Waals surface area contributed by atoms with Gasteiger partial charge in [0.15, 0.2) is 0 Å². The summed E-state index contributed by atoms with van der Waals surface area (Å²) in [6, 6.07) is 16.9. The minimum absolute atomic E-state index is 0.527. The van der Waals surface area contributed by atoms with Crippen molar-refractivity contribution in [2.45, 2.75) is 32.9 Å². The van der Waals surface area contributed by atoms with Gasteiger partial charge in [-0.25, -0.2) is 0 Å². The van der Waals surface area contributed by atoms with Gasteiger partial charge in [0.1, 0.15) is 12.4 Å². The maximum absolute atomic E-state index is 5.87. The first kappa shape index (κ1) is 14.6. The molecule has 1 N–H and O–H groups in total. The molecule has 0 aliphatic carbocycles. The number of ether oxygens (including phenoxy) is 1. The van der Waals surface area contributed by atoms with Crippen LogP contribution in [0.5, 0.6) is 5.75 Å². The Labute approximate surface area is 121 Å². The molecule has 0 saturated heterocycles. The fourth-order valence-corrected chi connectivity index (χ4v) is 2.09. The summed E-state index contributed by atoms with van der Waals surface area (Å²) in [5, 5.41) is 3.15. The fraction of sp³-hybridized carbons (Fsp3) is 0.333. The first-order chi connectivity index (χ1) is 9.69. The molecule has 20 heavy (non-hydrogen) atoms. The summed E-state index contributed by atoms with van der Waals surface area (Å²) in [5.74, 6) is 1.47. The normalized spacial score (nSPS) is 10.8. The molecule has 2 heteroatoms. The Balaban J connectivity index is 1.96. The molecule has 0 unspecified atom stereocenters. The van der Waals surface area contributed by atoms with Crippen LogP contribution in [-0.2, 0) is 13.2 Å². The molecule has 0 atom stereocenters. The Bertz CT molecular complexity index is 531. The van der Waals surface area contributed by atoms with Crippen molar-refractivity contribution in [1.82, 2.24) is 5.32 Å². The second-order valence-corrected chi connectivity index (χ2v) is 5.36. The monoisotopic (exact) mass is 269 g/mol. The van der Waals surface area contributed by atoms with Crippen molar-refractivity contribution >= 4 is 0 Å². The Morgan fingerprint density at radius 2 is 1.70 bits per heavy atom. The SMILES string of the molecule is CNCc1ccc(COc2cccc(C(C)C)c2)cc1. The molecular weight excluding hydrogens is 246 g/mol. The molecule has 0 aliphatic rings. The molecule has 0 saturated carbocycles. The highest BCUT2D eigenvalue weighted by atomic mass is 16.5. The Hall–Kier alpha value is -1.80. The lowest BCUT2D eigenvalue weighted by molar-refractivity contribution is 0.306. The highest BCUT2D eigenvalue weighted by molar-refractivity contribution is 5.31. The number of benzene rings is 2. The van der Waals surface area contributed by atoms with Crippen LogP contribution in [0.15, 0.2) is 48.5 Å². The van der Waals surface area contributed by atoms with Crippen LogP contribution in [0.4, 0.5) is 0 Å². The second kappa shape index (κ2) is 7.11. The van der Waals surface area contributed by atoms with E-state index in [-0.39, 0.29) is 0 Å². The van der Waals surface area contributed by atoms with Crippen molar-refractivity contribution in [3.05, 3.63) is 65.2 Å². The zero-order chi connectivity index (χ0) is 14.4. The van der Waals surface area contributed by atoms with Crippen LogP contribution in [-0.4, -0.2) is 7.05 Å². The van der Waals surface area contributed by atoms with Crippen molar-refractivity contribution in [2.75, 3.05) is 7.05 Å². The van der Waals surface area contributed by atoms with Gasteiger partial charge in [0.25, 0.3) is 0 Å². The van der Waals surface area contributed by atoms with E-state index in [0.29, 0.717) is 12.5 Å². The van der Waals surface area contributed by atoms with Gasteiger partial charge in [-0.3, -0.25) is 0 Å². The number of nitrogens with one attached hydrogen (secondary N) is 1. The Morgan fingerprint density at radius 3 is 2.35 bits per heavy atom. The van der Waals surface area contributed by atoms with Gasteiger partial charge in [-0.05, 0) is 41.8 Å². The predicted octanol–water partition coefficient (Wildman–Crippen LogP) is 4.11. The lowest BCUT2D eigenvalue weighted by Gasteiger charge is -2.10. The van der Waals surface area contributed by atoms with E-state index < -0.39 is 0 Å². The maximum atomic E-state index is 5.87. The van der Waals surface area contributed by atoms with E-state index in [0.717, 1.165) is 12.3 Å². The van der Waals surface area contributed by atoms with Gasteiger partial charge < -0.3 is 10.1 Å². The Morgan fingerprint density at radius 1 is 1.00 bits per heavy atom. The number of hydrogen-bond acceptors (Lipinski definition) is 2. The highest BCUT2D eigenvalue weighted by Gasteiger charge is 2.01. The molecule has 2 aromatic rings. The summed E-state index contributed by atoms with van der Waals surface area (Å²) >= 11 is 0. The van der Waals surface area contributed by atoms with Crippen LogP contribution >= 0.6 is 0 Å².